The topological polar surface area (TPSA) is 59.2 Å². The van der Waals surface area contributed by atoms with Crippen molar-refractivity contribution in [1.29, 1.82) is 0 Å². The first-order valence-electron chi connectivity index (χ1n) is 10.5. The zero-order valence-corrected chi connectivity index (χ0v) is 17.4. The van der Waals surface area contributed by atoms with Gasteiger partial charge in [-0.05, 0) is 52.6 Å². The van der Waals surface area contributed by atoms with Crippen LogP contribution in [0.3, 0.4) is 0 Å². The minimum absolute atomic E-state index is 0.106. The number of hydrogen-bond donors (Lipinski definition) is 0. The summed E-state index contributed by atoms with van der Waals surface area (Å²) in [6.45, 7) is 3.47. The maximum Gasteiger partial charge on any atom is 0.274 e. The second kappa shape index (κ2) is 8.07. The summed E-state index contributed by atoms with van der Waals surface area (Å²) in [6.07, 6.45) is 10.4. The summed E-state index contributed by atoms with van der Waals surface area (Å²) < 4.78 is 4.18. The highest BCUT2D eigenvalue weighted by Gasteiger charge is 2.32. The molecule has 28 heavy (non-hydrogen) atoms. The third-order valence-corrected chi connectivity index (χ3v) is 6.18. The van der Waals surface area contributed by atoms with Gasteiger partial charge in [-0.25, -0.2) is 4.98 Å². The van der Waals surface area contributed by atoms with Gasteiger partial charge in [0.25, 0.3) is 5.91 Å². The van der Waals surface area contributed by atoms with Crippen LogP contribution in [0, 0.1) is 0 Å². The van der Waals surface area contributed by atoms with Crippen LogP contribution in [-0.2, 0) is 26.4 Å². The Bertz CT molecular complexity index is 836. The van der Waals surface area contributed by atoms with Crippen molar-refractivity contribution in [3.8, 4) is 0 Å². The molecule has 0 aromatic carbocycles. The van der Waals surface area contributed by atoms with Crippen molar-refractivity contribution >= 4 is 5.91 Å². The minimum atomic E-state index is 0.106. The molecule has 0 bridgehead atoms. The molecule has 1 aliphatic carbocycles. The van der Waals surface area contributed by atoms with E-state index in [1.54, 1.807) is 0 Å². The number of carbonyl (C=O) groups is 1. The quantitative estimate of drug-likeness (QED) is 0.792. The first kappa shape index (κ1) is 19.2. The van der Waals surface area contributed by atoms with E-state index < -0.39 is 0 Å². The van der Waals surface area contributed by atoms with Gasteiger partial charge < -0.3 is 14.4 Å². The third-order valence-electron chi connectivity index (χ3n) is 6.18. The Morgan fingerprint density at radius 1 is 1.25 bits per heavy atom. The van der Waals surface area contributed by atoms with E-state index in [1.807, 2.05) is 22.8 Å². The van der Waals surface area contributed by atoms with Gasteiger partial charge in [0.15, 0.2) is 5.69 Å². The molecule has 3 heterocycles. The van der Waals surface area contributed by atoms with Gasteiger partial charge >= 0.3 is 0 Å². The van der Waals surface area contributed by atoms with Crippen LogP contribution in [0.15, 0.2) is 12.4 Å². The maximum atomic E-state index is 13.3. The van der Waals surface area contributed by atoms with E-state index in [-0.39, 0.29) is 5.91 Å². The molecular formula is C21H32N6O. The van der Waals surface area contributed by atoms with Gasteiger partial charge in [-0.2, -0.15) is 5.10 Å². The summed E-state index contributed by atoms with van der Waals surface area (Å²) in [4.78, 5) is 22.2. The fourth-order valence-corrected chi connectivity index (χ4v) is 4.64. The van der Waals surface area contributed by atoms with Crippen LogP contribution in [0.4, 0.5) is 0 Å². The number of aryl methyl sites for hydroxylation is 1. The van der Waals surface area contributed by atoms with Crippen LogP contribution in [0.1, 0.15) is 59.2 Å². The van der Waals surface area contributed by atoms with Crippen molar-refractivity contribution in [3.05, 3.63) is 35.2 Å². The number of carbonyl (C=O) groups excluding carboxylic acids is 1. The molecule has 7 heteroatoms. The van der Waals surface area contributed by atoms with Gasteiger partial charge in [0.2, 0.25) is 0 Å². The number of rotatable bonds is 5. The number of amides is 1. The lowest BCUT2D eigenvalue weighted by molar-refractivity contribution is 0.0695. The van der Waals surface area contributed by atoms with Crippen LogP contribution in [0.5, 0.6) is 0 Å². The van der Waals surface area contributed by atoms with Crippen LogP contribution in [-0.4, -0.2) is 68.8 Å². The van der Waals surface area contributed by atoms with E-state index in [4.69, 9.17) is 0 Å². The molecule has 1 fully saturated rings. The van der Waals surface area contributed by atoms with E-state index in [1.165, 1.54) is 17.7 Å². The average Bonchev–Trinajstić information content (AvgIpc) is 3.31. The number of hydrogen-bond acceptors (Lipinski definition) is 4. The van der Waals surface area contributed by atoms with Gasteiger partial charge in [0.05, 0.1) is 0 Å². The van der Waals surface area contributed by atoms with E-state index in [9.17, 15) is 4.79 Å². The van der Waals surface area contributed by atoms with Crippen molar-refractivity contribution in [2.45, 2.75) is 51.0 Å². The number of nitrogens with zero attached hydrogens (tertiary/aromatic N) is 6. The highest BCUT2D eigenvalue weighted by Crippen LogP contribution is 2.29. The molecule has 1 saturated heterocycles. The summed E-state index contributed by atoms with van der Waals surface area (Å²) in [6, 6.07) is 0. The molecule has 4 rings (SSSR count). The lowest BCUT2D eigenvalue weighted by Crippen LogP contribution is -2.40. The smallest absolute Gasteiger partial charge is 0.274 e. The monoisotopic (exact) mass is 384 g/mol. The fraction of sp³-hybridized carbons (Fsp3) is 0.667. The Kier molecular flexibility index (Phi) is 5.53. The average molecular weight is 385 g/mol. The minimum Gasteiger partial charge on any atom is -0.337 e. The standard InChI is InChI=1S/C21H32N6O/c1-24(2)13-14-26-12-10-22-20(26)16-7-6-11-27(15-16)21(28)19-17-8-4-5-9-18(17)25(3)23-19/h10,12,16H,4-9,11,13-15H2,1-3H3/t16-/m1/s1. The molecule has 1 amide bonds. The second-order valence-corrected chi connectivity index (χ2v) is 8.48. The van der Waals surface area contributed by atoms with Crippen LogP contribution < -0.4 is 0 Å². The van der Waals surface area contributed by atoms with Crippen LogP contribution in [0.2, 0.25) is 0 Å². The molecule has 1 aliphatic heterocycles. The Morgan fingerprint density at radius 2 is 2.07 bits per heavy atom. The van der Waals surface area contributed by atoms with Gasteiger partial charge in [-0.3, -0.25) is 9.48 Å². The van der Waals surface area contributed by atoms with E-state index in [0.717, 1.165) is 64.1 Å². The lowest BCUT2D eigenvalue weighted by atomic mass is 9.94. The van der Waals surface area contributed by atoms with Crippen molar-refractivity contribution < 1.29 is 4.79 Å². The van der Waals surface area contributed by atoms with Crippen molar-refractivity contribution in [2.75, 3.05) is 33.7 Å². The molecule has 2 aliphatic rings. The van der Waals surface area contributed by atoms with Gasteiger partial charge in [0, 0.05) is 62.8 Å². The molecule has 0 saturated carbocycles. The number of aromatic nitrogens is 4. The summed E-state index contributed by atoms with van der Waals surface area (Å²) in [5.41, 5.74) is 3.13. The summed E-state index contributed by atoms with van der Waals surface area (Å²) >= 11 is 0. The molecule has 152 valence electrons. The number of likely N-dealkylation sites (N-methyl/N-ethyl adjacent to an activating group) is 1. The maximum absolute atomic E-state index is 13.3. The van der Waals surface area contributed by atoms with E-state index in [2.05, 4.69) is 39.8 Å². The van der Waals surface area contributed by atoms with Gasteiger partial charge in [-0.1, -0.05) is 0 Å². The van der Waals surface area contributed by atoms with E-state index in [0.29, 0.717) is 11.6 Å². The molecule has 0 N–H and O–H groups in total. The first-order chi connectivity index (χ1) is 13.5. The SMILES string of the molecule is CN(C)CCn1ccnc1[C@@H]1CCCN(C(=O)c2nn(C)c3c2CCCC3)C1. The molecule has 0 radical (unpaired) electrons. The van der Waals surface area contributed by atoms with Crippen molar-refractivity contribution in [3.63, 3.8) is 0 Å². The number of likely N-dealkylation sites (tertiary alicyclic amines) is 1. The Labute approximate surface area is 167 Å². The molecule has 7 nitrogen and oxygen atoms in total. The molecule has 2 aromatic rings. The third kappa shape index (κ3) is 3.72. The number of imidazole rings is 1. The molecule has 0 spiro atoms. The second-order valence-electron chi connectivity index (χ2n) is 8.48. The summed E-state index contributed by atoms with van der Waals surface area (Å²) in [7, 11) is 6.15. The highest BCUT2D eigenvalue weighted by molar-refractivity contribution is 5.94. The predicted molar refractivity (Wildman–Crippen MR) is 109 cm³/mol. The van der Waals surface area contributed by atoms with Gasteiger partial charge in [-0.15, -0.1) is 0 Å². The fourth-order valence-electron chi connectivity index (χ4n) is 4.64. The van der Waals surface area contributed by atoms with E-state index >= 15 is 0 Å². The van der Waals surface area contributed by atoms with Crippen molar-refractivity contribution in [1.82, 2.24) is 29.1 Å². The zero-order valence-electron chi connectivity index (χ0n) is 17.4. The van der Waals surface area contributed by atoms with Crippen LogP contribution in [0.25, 0.3) is 0 Å². The molecular weight excluding hydrogens is 352 g/mol. The first-order valence-corrected chi connectivity index (χ1v) is 10.5. The van der Waals surface area contributed by atoms with Crippen LogP contribution >= 0.6 is 0 Å². The largest absolute Gasteiger partial charge is 0.337 e. The lowest BCUT2D eigenvalue weighted by Gasteiger charge is -2.32. The molecule has 0 unspecified atom stereocenters. The Morgan fingerprint density at radius 3 is 2.89 bits per heavy atom. The normalized spacial score (nSPS) is 19.9. The predicted octanol–water partition coefficient (Wildman–Crippen LogP) is 2.08. The Hall–Kier alpha value is -2.15. The number of fused-ring (bicyclic) bond motifs is 1. The zero-order chi connectivity index (χ0) is 19.7. The molecule has 1 atom stereocenters. The highest BCUT2D eigenvalue weighted by atomic mass is 16.2. The van der Waals surface area contributed by atoms with Crippen molar-refractivity contribution in [2.24, 2.45) is 7.05 Å². The molecule has 2 aromatic heterocycles. The number of piperidine rings is 1. The van der Waals surface area contributed by atoms with Gasteiger partial charge in [0.1, 0.15) is 5.82 Å². The summed E-state index contributed by atoms with van der Waals surface area (Å²) in [5, 5.41) is 4.62. The summed E-state index contributed by atoms with van der Waals surface area (Å²) in [5.74, 6) is 1.52. The Balaban J connectivity index is 1.50.